The van der Waals surface area contributed by atoms with Gasteiger partial charge in [-0.1, -0.05) is 19.9 Å². The highest BCUT2D eigenvalue weighted by molar-refractivity contribution is 9.10. The molecule has 1 aliphatic rings. The Morgan fingerprint density at radius 1 is 1.42 bits per heavy atom. The molecule has 0 saturated heterocycles. The van der Waals surface area contributed by atoms with Crippen molar-refractivity contribution in [3.63, 3.8) is 0 Å². The number of hydrogen-bond donors (Lipinski definition) is 2. The van der Waals surface area contributed by atoms with Gasteiger partial charge in [-0.3, -0.25) is 0 Å². The Kier molecular flexibility index (Phi) is 4.05. The fraction of sp³-hybridized carbons (Fsp3) is 0.600. The Labute approximate surface area is 122 Å². The Balaban J connectivity index is 2.27. The van der Waals surface area contributed by atoms with Crippen LogP contribution in [0.4, 0.5) is 4.39 Å². The summed E-state index contributed by atoms with van der Waals surface area (Å²) in [4.78, 5) is 0. The lowest BCUT2D eigenvalue weighted by atomic mass is 9.74. The highest BCUT2D eigenvalue weighted by Crippen LogP contribution is 2.50. The molecule has 0 aromatic heterocycles. The van der Waals surface area contributed by atoms with Crippen LogP contribution in [0.25, 0.3) is 0 Å². The topological polar surface area (TPSA) is 46.2 Å². The second-order valence-corrected chi connectivity index (χ2v) is 7.24. The van der Waals surface area contributed by atoms with Crippen molar-refractivity contribution in [2.24, 2.45) is 16.6 Å². The van der Waals surface area contributed by atoms with E-state index >= 15 is 0 Å². The average Bonchev–Trinajstić information content (AvgIpc) is 2.59. The summed E-state index contributed by atoms with van der Waals surface area (Å²) < 4.78 is 13.7. The summed E-state index contributed by atoms with van der Waals surface area (Å²) in [6.07, 6.45) is 2.14. The van der Waals surface area contributed by atoms with E-state index in [0.29, 0.717) is 17.4 Å². The third-order valence-electron chi connectivity index (χ3n) is 4.53. The minimum atomic E-state index is -0.422. The summed E-state index contributed by atoms with van der Waals surface area (Å²) in [5.41, 5.74) is 6.57. The molecule has 0 amide bonds. The predicted molar refractivity (Wildman–Crippen MR) is 78.3 cm³/mol. The fourth-order valence-corrected chi connectivity index (χ4v) is 3.63. The van der Waals surface area contributed by atoms with Gasteiger partial charge < -0.3 is 10.8 Å². The molecule has 3 N–H and O–H groups in total. The maximum absolute atomic E-state index is 13.3. The summed E-state index contributed by atoms with van der Waals surface area (Å²) in [6.45, 7) is 4.61. The normalized spacial score (nSPS) is 29.7. The molecule has 1 aromatic carbocycles. The van der Waals surface area contributed by atoms with Crippen LogP contribution in [-0.4, -0.2) is 17.8 Å². The summed E-state index contributed by atoms with van der Waals surface area (Å²) >= 11 is 3.20. The van der Waals surface area contributed by atoms with E-state index in [2.05, 4.69) is 29.8 Å². The van der Waals surface area contributed by atoms with E-state index in [9.17, 15) is 9.50 Å². The van der Waals surface area contributed by atoms with Gasteiger partial charge in [-0.15, -0.1) is 0 Å². The molecular weight excluding hydrogens is 309 g/mol. The molecule has 1 fully saturated rings. The van der Waals surface area contributed by atoms with Crippen LogP contribution in [0.2, 0.25) is 0 Å². The van der Waals surface area contributed by atoms with E-state index in [4.69, 9.17) is 5.73 Å². The average molecular weight is 330 g/mol. The van der Waals surface area contributed by atoms with Crippen LogP contribution in [0.5, 0.6) is 0 Å². The molecule has 19 heavy (non-hydrogen) atoms. The number of halogens is 2. The first-order valence-electron chi connectivity index (χ1n) is 6.63. The van der Waals surface area contributed by atoms with E-state index in [0.717, 1.165) is 18.4 Å². The van der Waals surface area contributed by atoms with Crippen molar-refractivity contribution in [3.8, 4) is 0 Å². The quantitative estimate of drug-likeness (QED) is 0.894. The van der Waals surface area contributed by atoms with Crippen molar-refractivity contribution in [2.75, 3.05) is 6.54 Å². The Bertz CT molecular complexity index is 477. The van der Waals surface area contributed by atoms with E-state index in [1.165, 1.54) is 6.07 Å². The Hall–Kier alpha value is -0.450. The highest BCUT2D eigenvalue weighted by Gasteiger charge is 2.50. The molecule has 2 rings (SSSR count). The van der Waals surface area contributed by atoms with Gasteiger partial charge in [0.1, 0.15) is 5.82 Å². The number of aliphatic hydroxyl groups excluding tert-OH is 1. The predicted octanol–water partition coefficient (Wildman–Crippen LogP) is 3.26. The zero-order valence-electron chi connectivity index (χ0n) is 11.4. The SMILES string of the molecule is CC1(C)CCC(CN)(Cc2ccc(F)c(Br)c2)C1O. The van der Waals surface area contributed by atoms with Crippen molar-refractivity contribution >= 4 is 15.9 Å². The summed E-state index contributed by atoms with van der Waals surface area (Å²) in [7, 11) is 0. The maximum atomic E-state index is 13.3. The lowest BCUT2D eigenvalue weighted by Gasteiger charge is -2.36. The van der Waals surface area contributed by atoms with Crippen LogP contribution in [-0.2, 0) is 6.42 Å². The van der Waals surface area contributed by atoms with Gasteiger partial charge in [0.15, 0.2) is 0 Å². The molecule has 2 atom stereocenters. The van der Waals surface area contributed by atoms with Crippen LogP contribution < -0.4 is 5.73 Å². The molecule has 2 nitrogen and oxygen atoms in total. The summed E-state index contributed by atoms with van der Waals surface area (Å²) in [5.74, 6) is -0.266. The van der Waals surface area contributed by atoms with Crippen LogP contribution >= 0.6 is 15.9 Å². The fourth-order valence-electron chi connectivity index (χ4n) is 3.20. The monoisotopic (exact) mass is 329 g/mol. The third kappa shape index (κ3) is 2.71. The molecule has 2 unspecified atom stereocenters. The number of rotatable bonds is 3. The largest absolute Gasteiger partial charge is 0.392 e. The van der Waals surface area contributed by atoms with E-state index < -0.39 is 6.10 Å². The lowest BCUT2D eigenvalue weighted by Crippen LogP contribution is -2.44. The molecule has 0 aliphatic heterocycles. The second-order valence-electron chi connectivity index (χ2n) is 6.38. The highest BCUT2D eigenvalue weighted by atomic mass is 79.9. The molecule has 1 saturated carbocycles. The smallest absolute Gasteiger partial charge is 0.137 e. The van der Waals surface area contributed by atoms with E-state index in [1.54, 1.807) is 12.1 Å². The first-order chi connectivity index (χ1) is 8.81. The molecule has 0 spiro atoms. The molecule has 0 radical (unpaired) electrons. The zero-order chi connectivity index (χ0) is 14.3. The summed E-state index contributed by atoms with van der Waals surface area (Å²) in [5, 5.41) is 10.6. The van der Waals surface area contributed by atoms with E-state index in [1.807, 2.05) is 0 Å². The van der Waals surface area contributed by atoms with Gasteiger partial charge in [-0.05, 0) is 58.3 Å². The summed E-state index contributed by atoms with van der Waals surface area (Å²) in [6, 6.07) is 5.01. The first kappa shape index (κ1) is 14.9. The Morgan fingerprint density at radius 3 is 2.58 bits per heavy atom. The van der Waals surface area contributed by atoms with Crippen molar-refractivity contribution < 1.29 is 9.50 Å². The number of benzene rings is 1. The van der Waals surface area contributed by atoms with Gasteiger partial charge in [0, 0.05) is 12.0 Å². The molecule has 106 valence electrons. The number of nitrogens with two attached hydrogens (primary N) is 1. The van der Waals surface area contributed by atoms with Gasteiger partial charge >= 0.3 is 0 Å². The number of aliphatic hydroxyl groups is 1. The molecule has 1 aromatic rings. The molecule has 1 aliphatic carbocycles. The third-order valence-corrected chi connectivity index (χ3v) is 5.14. The second kappa shape index (κ2) is 5.15. The lowest BCUT2D eigenvalue weighted by molar-refractivity contribution is -0.00465. The van der Waals surface area contributed by atoms with Crippen molar-refractivity contribution in [2.45, 2.75) is 39.2 Å². The van der Waals surface area contributed by atoms with Gasteiger partial charge in [-0.2, -0.15) is 0 Å². The van der Waals surface area contributed by atoms with Crippen LogP contribution in [0, 0.1) is 16.6 Å². The van der Waals surface area contributed by atoms with Crippen molar-refractivity contribution in [1.29, 1.82) is 0 Å². The van der Waals surface area contributed by atoms with Gasteiger partial charge in [-0.25, -0.2) is 4.39 Å². The van der Waals surface area contributed by atoms with Crippen LogP contribution in [0.3, 0.4) is 0 Å². The molecular formula is C15H21BrFNO. The standard InChI is InChI=1S/C15H21BrFNO/c1-14(2)5-6-15(9-18,13(14)19)8-10-3-4-12(17)11(16)7-10/h3-4,7,13,19H,5-6,8-9,18H2,1-2H3. The number of hydrogen-bond acceptors (Lipinski definition) is 2. The van der Waals surface area contributed by atoms with Gasteiger partial charge in [0.25, 0.3) is 0 Å². The first-order valence-corrected chi connectivity index (χ1v) is 7.42. The van der Waals surface area contributed by atoms with Crippen molar-refractivity contribution in [1.82, 2.24) is 0 Å². The Morgan fingerprint density at radius 2 is 2.11 bits per heavy atom. The maximum Gasteiger partial charge on any atom is 0.137 e. The minimum Gasteiger partial charge on any atom is -0.392 e. The van der Waals surface area contributed by atoms with E-state index in [-0.39, 0.29) is 16.6 Å². The zero-order valence-corrected chi connectivity index (χ0v) is 13.0. The minimum absolute atomic E-state index is 0.101. The van der Waals surface area contributed by atoms with Crippen molar-refractivity contribution in [3.05, 3.63) is 34.1 Å². The molecule has 4 heteroatoms. The van der Waals surface area contributed by atoms with Crippen LogP contribution in [0.15, 0.2) is 22.7 Å². The van der Waals surface area contributed by atoms with Gasteiger partial charge in [0.05, 0.1) is 10.6 Å². The molecule has 0 heterocycles. The van der Waals surface area contributed by atoms with Gasteiger partial charge in [0.2, 0.25) is 0 Å². The molecule has 0 bridgehead atoms. The van der Waals surface area contributed by atoms with Crippen LogP contribution in [0.1, 0.15) is 32.3 Å².